The molecule has 0 spiro atoms. The number of benzene rings is 2. The van der Waals surface area contributed by atoms with Gasteiger partial charge in [0.1, 0.15) is 11.1 Å². The van der Waals surface area contributed by atoms with Crippen LogP contribution in [0, 0.1) is 5.82 Å². The highest BCUT2D eigenvalue weighted by Gasteiger charge is 2.10. The third-order valence-electron chi connectivity index (χ3n) is 3.97. The molecule has 0 fully saturated rings. The van der Waals surface area contributed by atoms with Crippen LogP contribution in [0.4, 0.5) is 4.39 Å². The average Bonchev–Trinajstić information content (AvgIpc) is 3.20. The molecule has 0 amide bonds. The summed E-state index contributed by atoms with van der Waals surface area (Å²) in [6, 6.07) is 16.5. The molecule has 1 atom stereocenters. The van der Waals surface area contributed by atoms with Crippen LogP contribution in [-0.2, 0) is 6.54 Å². The number of ether oxygens (including phenoxy) is 1. The minimum atomic E-state index is -0.366. The molecule has 5 nitrogen and oxygen atoms in total. The van der Waals surface area contributed by atoms with Gasteiger partial charge in [0.25, 0.3) is 0 Å². The summed E-state index contributed by atoms with van der Waals surface area (Å²) in [4.78, 5) is 8.86. The molecular formula is C21H23FN4OS. The van der Waals surface area contributed by atoms with Crippen LogP contribution in [-0.4, -0.2) is 30.6 Å². The summed E-state index contributed by atoms with van der Waals surface area (Å²) in [5, 5.41) is 9.44. The van der Waals surface area contributed by atoms with Crippen LogP contribution >= 0.6 is 11.3 Å². The van der Waals surface area contributed by atoms with Crippen molar-refractivity contribution in [2.45, 2.75) is 19.6 Å². The van der Waals surface area contributed by atoms with Gasteiger partial charge in [0.05, 0.1) is 18.8 Å². The van der Waals surface area contributed by atoms with E-state index >= 15 is 0 Å². The molecule has 0 aliphatic carbocycles. The molecule has 0 radical (unpaired) electrons. The molecule has 2 aromatic carbocycles. The maximum atomic E-state index is 13.7. The Morgan fingerprint density at radius 1 is 1.14 bits per heavy atom. The Kier molecular flexibility index (Phi) is 6.97. The van der Waals surface area contributed by atoms with Crippen LogP contribution < -0.4 is 15.4 Å². The first-order valence-corrected chi connectivity index (χ1v) is 9.89. The van der Waals surface area contributed by atoms with Crippen LogP contribution in [0.15, 0.2) is 65.0 Å². The lowest BCUT2D eigenvalue weighted by Crippen LogP contribution is -2.41. The van der Waals surface area contributed by atoms with E-state index in [0.29, 0.717) is 19.0 Å². The number of nitrogens with one attached hydrogen (secondary N) is 2. The van der Waals surface area contributed by atoms with Gasteiger partial charge in [-0.2, -0.15) is 0 Å². The topological polar surface area (TPSA) is 58.5 Å². The van der Waals surface area contributed by atoms with Gasteiger partial charge < -0.3 is 15.4 Å². The fourth-order valence-electron chi connectivity index (χ4n) is 2.55. The maximum Gasteiger partial charge on any atom is 0.191 e. The maximum absolute atomic E-state index is 13.7. The number of aliphatic imine (C=N–C) groups is 1. The van der Waals surface area contributed by atoms with Crippen molar-refractivity contribution in [3.8, 4) is 17.0 Å². The highest BCUT2D eigenvalue weighted by atomic mass is 32.1. The van der Waals surface area contributed by atoms with Crippen LogP contribution in [0.2, 0.25) is 0 Å². The summed E-state index contributed by atoms with van der Waals surface area (Å²) in [5.74, 6) is 0.520. The summed E-state index contributed by atoms with van der Waals surface area (Å²) in [6.45, 7) is 2.93. The molecule has 3 aromatic rings. The first kappa shape index (κ1) is 19.8. The summed E-state index contributed by atoms with van der Waals surface area (Å²) in [7, 11) is 1.70. The number of rotatable bonds is 7. The van der Waals surface area contributed by atoms with E-state index in [2.05, 4.69) is 20.6 Å². The molecule has 28 heavy (non-hydrogen) atoms. The second kappa shape index (κ2) is 9.85. The van der Waals surface area contributed by atoms with E-state index in [4.69, 9.17) is 4.74 Å². The third kappa shape index (κ3) is 5.53. The van der Waals surface area contributed by atoms with Gasteiger partial charge in [0.2, 0.25) is 0 Å². The van der Waals surface area contributed by atoms with Gasteiger partial charge in [-0.1, -0.05) is 42.5 Å². The second-order valence-electron chi connectivity index (χ2n) is 6.16. The Hall–Kier alpha value is -2.93. The van der Waals surface area contributed by atoms with Gasteiger partial charge in [-0.3, -0.25) is 4.99 Å². The zero-order valence-corrected chi connectivity index (χ0v) is 16.7. The molecule has 0 bridgehead atoms. The quantitative estimate of drug-likeness (QED) is 0.465. The van der Waals surface area contributed by atoms with Crippen molar-refractivity contribution in [1.82, 2.24) is 15.6 Å². The van der Waals surface area contributed by atoms with E-state index < -0.39 is 0 Å². The molecule has 0 saturated heterocycles. The van der Waals surface area contributed by atoms with Crippen molar-refractivity contribution in [3.63, 3.8) is 0 Å². The van der Waals surface area contributed by atoms with E-state index in [1.54, 1.807) is 36.6 Å². The average molecular weight is 399 g/mol. The normalized spacial score (nSPS) is 12.5. The zero-order valence-electron chi connectivity index (χ0n) is 15.9. The van der Waals surface area contributed by atoms with E-state index in [9.17, 15) is 4.39 Å². The molecule has 146 valence electrons. The van der Waals surface area contributed by atoms with Crippen LogP contribution in [0.5, 0.6) is 5.75 Å². The zero-order chi connectivity index (χ0) is 19.8. The van der Waals surface area contributed by atoms with Gasteiger partial charge >= 0.3 is 0 Å². The molecule has 1 unspecified atom stereocenters. The minimum absolute atomic E-state index is 0.222. The smallest absolute Gasteiger partial charge is 0.191 e. The van der Waals surface area contributed by atoms with E-state index in [1.165, 1.54) is 6.07 Å². The fraction of sp³-hybridized carbons (Fsp3) is 0.238. The molecule has 7 heteroatoms. The molecule has 3 rings (SSSR count). The summed E-state index contributed by atoms with van der Waals surface area (Å²) < 4.78 is 19.3. The molecule has 1 aromatic heterocycles. The number of halogens is 1. The lowest BCUT2D eigenvalue weighted by atomic mass is 10.2. The fourth-order valence-corrected chi connectivity index (χ4v) is 3.30. The van der Waals surface area contributed by atoms with Crippen LogP contribution in [0.25, 0.3) is 11.3 Å². The van der Waals surface area contributed by atoms with Gasteiger partial charge in [-0.05, 0) is 19.1 Å². The second-order valence-corrected chi connectivity index (χ2v) is 7.10. The lowest BCUT2D eigenvalue weighted by molar-refractivity contribution is 0.214. The number of para-hydroxylation sites is 1. The number of aromatic nitrogens is 1. The summed E-state index contributed by atoms with van der Waals surface area (Å²) >= 11 is 1.60. The van der Waals surface area contributed by atoms with Crippen molar-refractivity contribution in [3.05, 3.63) is 70.8 Å². The number of guanidine groups is 1. The molecule has 0 saturated carbocycles. The largest absolute Gasteiger partial charge is 0.486 e. The molecule has 2 N–H and O–H groups in total. The predicted molar refractivity (Wildman–Crippen MR) is 112 cm³/mol. The summed E-state index contributed by atoms with van der Waals surface area (Å²) in [6.07, 6.45) is -0.222. The lowest BCUT2D eigenvalue weighted by Gasteiger charge is -2.17. The monoisotopic (exact) mass is 398 g/mol. The minimum Gasteiger partial charge on any atom is -0.486 e. The molecule has 0 aliphatic rings. The first-order chi connectivity index (χ1) is 13.7. The highest BCUT2D eigenvalue weighted by Crippen LogP contribution is 2.21. The predicted octanol–water partition coefficient (Wildman–Crippen LogP) is 4.08. The Labute approximate surface area is 168 Å². The number of thiazole rings is 1. The number of nitrogens with zero attached hydrogens (tertiary/aromatic N) is 2. The van der Waals surface area contributed by atoms with Crippen molar-refractivity contribution < 1.29 is 9.13 Å². The first-order valence-electron chi connectivity index (χ1n) is 9.01. The van der Waals surface area contributed by atoms with Crippen molar-refractivity contribution in [1.29, 1.82) is 0 Å². The molecule has 1 heterocycles. The van der Waals surface area contributed by atoms with Crippen molar-refractivity contribution in [2.75, 3.05) is 13.6 Å². The van der Waals surface area contributed by atoms with Gasteiger partial charge in [-0.25, -0.2) is 9.37 Å². The Balaban J connectivity index is 1.47. The van der Waals surface area contributed by atoms with E-state index in [1.807, 2.05) is 42.6 Å². The van der Waals surface area contributed by atoms with Crippen molar-refractivity contribution in [2.24, 2.45) is 4.99 Å². The van der Waals surface area contributed by atoms with Crippen LogP contribution in [0.3, 0.4) is 0 Å². The van der Waals surface area contributed by atoms with Gasteiger partial charge in [-0.15, -0.1) is 11.3 Å². The van der Waals surface area contributed by atoms with Crippen LogP contribution in [0.1, 0.15) is 11.9 Å². The number of hydrogen-bond acceptors (Lipinski definition) is 4. The molecular weight excluding hydrogens is 375 g/mol. The molecule has 0 aliphatic heterocycles. The third-order valence-corrected chi connectivity index (χ3v) is 4.82. The Bertz CT molecular complexity index is 914. The van der Waals surface area contributed by atoms with Gasteiger partial charge in [0, 0.05) is 18.0 Å². The Morgan fingerprint density at radius 3 is 2.64 bits per heavy atom. The van der Waals surface area contributed by atoms with Gasteiger partial charge in [0.15, 0.2) is 17.5 Å². The SMILES string of the molecule is CN=C(NCc1nc(-c2ccccc2)cs1)NCC(C)Oc1ccccc1F. The van der Waals surface area contributed by atoms with Crippen molar-refractivity contribution >= 4 is 17.3 Å². The standard InChI is InChI=1S/C21H23FN4OS/c1-15(27-19-11-7-6-10-17(19)22)12-24-21(23-2)25-13-20-26-18(14-28-20)16-8-4-3-5-9-16/h3-11,14-15H,12-13H2,1-2H3,(H2,23,24,25). The highest BCUT2D eigenvalue weighted by molar-refractivity contribution is 7.09. The Morgan fingerprint density at radius 2 is 1.89 bits per heavy atom. The summed E-state index contributed by atoms with van der Waals surface area (Å²) in [5.41, 5.74) is 2.07. The van der Waals surface area contributed by atoms with E-state index in [0.717, 1.165) is 16.3 Å². The van der Waals surface area contributed by atoms with E-state index in [-0.39, 0.29) is 17.7 Å². The number of hydrogen-bond donors (Lipinski definition) is 2.